The first kappa shape index (κ1) is 19.2. The molecule has 0 saturated heterocycles. The molecule has 3 aromatic rings. The highest BCUT2D eigenvalue weighted by atomic mass is 32.2. The Morgan fingerprint density at radius 3 is 2.63 bits per heavy atom. The lowest BCUT2D eigenvalue weighted by Gasteiger charge is -2.06. The van der Waals surface area contributed by atoms with Crippen molar-refractivity contribution in [2.45, 2.75) is 17.7 Å². The standard InChI is InChI=1S/C18H14F4N2O2S/c1-25-15-6-5-11(7-14(15)19)9-27-10-16-23-17(24-26-16)12-3-2-4-13(8-12)18(20,21)22/h2-8H,9-10H2,1H3. The molecule has 1 aromatic heterocycles. The van der Waals surface area contributed by atoms with Gasteiger partial charge in [-0.15, -0.1) is 11.8 Å². The summed E-state index contributed by atoms with van der Waals surface area (Å²) in [6.07, 6.45) is -4.44. The van der Waals surface area contributed by atoms with Gasteiger partial charge in [-0.1, -0.05) is 23.4 Å². The molecule has 0 aliphatic rings. The van der Waals surface area contributed by atoms with Crippen molar-refractivity contribution in [2.24, 2.45) is 0 Å². The van der Waals surface area contributed by atoms with Gasteiger partial charge < -0.3 is 9.26 Å². The van der Waals surface area contributed by atoms with Gasteiger partial charge in [-0.25, -0.2) is 4.39 Å². The van der Waals surface area contributed by atoms with E-state index in [1.165, 1.54) is 37.1 Å². The first-order valence-corrected chi connectivity index (χ1v) is 8.92. The van der Waals surface area contributed by atoms with E-state index in [-0.39, 0.29) is 23.0 Å². The lowest BCUT2D eigenvalue weighted by molar-refractivity contribution is -0.137. The lowest BCUT2D eigenvalue weighted by Crippen LogP contribution is -2.04. The van der Waals surface area contributed by atoms with Crippen molar-refractivity contribution >= 4 is 11.8 Å². The molecule has 0 unspecified atom stereocenters. The van der Waals surface area contributed by atoms with E-state index < -0.39 is 17.6 Å². The Hall–Kier alpha value is -2.55. The van der Waals surface area contributed by atoms with Gasteiger partial charge in [0.05, 0.1) is 18.4 Å². The summed E-state index contributed by atoms with van der Waals surface area (Å²) in [7, 11) is 1.39. The fourth-order valence-corrected chi connectivity index (χ4v) is 3.13. The van der Waals surface area contributed by atoms with E-state index in [4.69, 9.17) is 9.26 Å². The molecule has 2 aromatic carbocycles. The zero-order valence-corrected chi connectivity index (χ0v) is 14.9. The predicted octanol–water partition coefficient (Wildman–Crippen LogP) is 5.34. The number of hydrogen-bond acceptors (Lipinski definition) is 5. The number of thioether (sulfide) groups is 1. The molecule has 0 aliphatic carbocycles. The maximum Gasteiger partial charge on any atom is 0.416 e. The minimum absolute atomic E-state index is 0.0900. The summed E-state index contributed by atoms with van der Waals surface area (Å²) in [6, 6.07) is 9.41. The van der Waals surface area contributed by atoms with Crippen LogP contribution >= 0.6 is 11.8 Å². The average molecular weight is 398 g/mol. The van der Waals surface area contributed by atoms with Crippen LogP contribution in [0.1, 0.15) is 17.0 Å². The summed E-state index contributed by atoms with van der Waals surface area (Å²) in [5.74, 6) is 0.946. The lowest BCUT2D eigenvalue weighted by atomic mass is 10.1. The van der Waals surface area contributed by atoms with Gasteiger partial charge in [0.25, 0.3) is 0 Å². The Morgan fingerprint density at radius 2 is 1.93 bits per heavy atom. The van der Waals surface area contributed by atoms with Crippen LogP contribution in [-0.4, -0.2) is 17.3 Å². The summed E-state index contributed by atoms with van der Waals surface area (Å²) >= 11 is 1.41. The van der Waals surface area contributed by atoms with Gasteiger partial charge in [-0.05, 0) is 29.8 Å². The van der Waals surface area contributed by atoms with Crippen LogP contribution in [0.3, 0.4) is 0 Å². The first-order chi connectivity index (χ1) is 12.9. The van der Waals surface area contributed by atoms with Crippen molar-refractivity contribution in [2.75, 3.05) is 7.11 Å². The summed E-state index contributed by atoms with van der Waals surface area (Å²) in [6.45, 7) is 0. The van der Waals surface area contributed by atoms with E-state index in [0.29, 0.717) is 11.5 Å². The molecule has 4 nitrogen and oxygen atoms in total. The summed E-state index contributed by atoms with van der Waals surface area (Å²) in [5, 5.41) is 3.73. The smallest absolute Gasteiger partial charge is 0.416 e. The first-order valence-electron chi connectivity index (χ1n) is 7.77. The van der Waals surface area contributed by atoms with Gasteiger partial charge in [0, 0.05) is 11.3 Å². The van der Waals surface area contributed by atoms with Crippen LogP contribution in [0.15, 0.2) is 47.0 Å². The van der Waals surface area contributed by atoms with Crippen LogP contribution in [0.2, 0.25) is 0 Å². The van der Waals surface area contributed by atoms with Gasteiger partial charge in [0.2, 0.25) is 11.7 Å². The number of halogens is 4. The minimum Gasteiger partial charge on any atom is -0.494 e. The Bertz CT molecular complexity index is 928. The molecule has 27 heavy (non-hydrogen) atoms. The highest BCUT2D eigenvalue weighted by Gasteiger charge is 2.30. The second kappa shape index (κ2) is 7.99. The van der Waals surface area contributed by atoms with Gasteiger partial charge in [-0.3, -0.25) is 0 Å². The summed E-state index contributed by atoms with van der Waals surface area (Å²) in [4.78, 5) is 4.12. The fraction of sp³-hybridized carbons (Fsp3) is 0.222. The third-order valence-electron chi connectivity index (χ3n) is 3.63. The number of nitrogens with zero attached hydrogens (tertiary/aromatic N) is 2. The topological polar surface area (TPSA) is 48.2 Å². The third-order valence-corrected chi connectivity index (χ3v) is 4.62. The largest absolute Gasteiger partial charge is 0.494 e. The Balaban J connectivity index is 1.62. The van der Waals surface area contributed by atoms with Gasteiger partial charge >= 0.3 is 6.18 Å². The Kier molecular flexibility index (Phi) is 5.69. The number of ether oxygens (including phenoxy) is 1. The third kappa shape index (κ3) is 4.79. The monoisotopic (exact) mass is 398 g/mol. The quantitative estimate of drug-likeness (QED) is 0.525. The second-order valence-electron chi connectivity index (χ2n) is 5.55. The van der Waals surface area contributed by atoms with E-state index >= 15 is 0 Å². The van der Waals surface area contributed by atoms with Crippen molar-refractivity contribution < 1.29 is 26.8 Å². The molecule has 0 aliphatic heterocycles. The molecule has 142 valence electrons. The maximum atomic E-state index is 13.7. The van der Waals surface area contributed by atoms with Crippen LogP contribution < -0.4 is 4.74 Å². The van der Waals surface area contributed by atoms with Crippen molar-refractivity contribution in [1.29, 1.82) is 0 Å². The number of benzene rings is 2. The van der Waals surface area contributed by atoms with Crippen LogP contribution in [0.4, 0.5) is 17.6 Å². The van der Waals surface area contributed by atoms with Crippen LogP contribution in [0.25, 0.3) is 11.4 Å². The molecule has 0 spiro atoms. The molecule has 0 saturated carbocycles. The van der Waals surface area contributed by atoms with Gasteiger partial charge in [0.1, 0.15) is 0 Å². The van der Waals surface area contributed by atoms with Crippen molar-refractivity contribution in [3.05, 3.63) is 65.3 Å². The Labute approximate surface area is 156 Å². The van der Waals surface area contributed by atoms with E-state index in [1.807, 2.05) is 0 Å². The van der Waals surface area contributed by atoms with Crippen molar-refractivity contribution in [3.63, 3.8) is 0 Å². The second-order valence-corrected chi connectivity index (χ2v) is 6.54. The number of methoxy groups -OCH3 is 1. The molecular weight excluding hydrogens is 384 g/mol. The highest BCUT2D eigenvalue weighted by Crippen LogP contribution is 2.31. The van der Waals surface area contributed by atoms with E-state index in [1.54, 1.807) is 12.1 Å². The fourth-order valence-electron chi connectivity index (χ4n) is 2.32. The number of alkyl halides is 3. The molecule has 3 rings (SSSR count). The number of rotatable bonds is 6. The zero-order valence-electron chi connectivity index (χ0n) is 14.1. The maximum absolute atomic E-state index is 13.7. The molecule has 9 heteroatoms. The normalized spacial score (nSPS) is 11.6. The Morgan fingerprint density at radius 1 is 1.11 bits per heavy atom. The van der Waals surface area contributed by atoms with Gasteiger partial charge in [-0.2, -0.15) is 18.2 Å². The molecule has 0 fully saturated rings. The molecule has 1 heterocycles. The molecule has 0 bridgehead atoms. The molecule has 0 amide bonds. The van der Waals surface area contributed by atoms with Crippen LogP contribution in [-0.2, 0) is 17.7 Å². The van der Waals surface area contributed by atoms with Crippen LogP contribution in [0.5, 0.6) is 5.75 Å². The highest BCUT2D eigenvalue weighted by molar-refractivity contribution is 7.97. The number of aromatic nitrogens is 2. The summed E-state index contributed by atoms with van der Waals surface area (Å²) < 4.78 is 62.0. The number of hydrogen-bond donors (Lipinski definition) is 0. The van der Waals surface area contributed by atoms with Crippen molar-refractivity contribution in [3.8, 4) is 17.1 Å². The molecule has 0 atom stereocenters. The zero-order chi connectivity index (χ0) is 19.4. The van der Waals surface area contributed by atoms with Crippen LogP contribution in [0, 0.1) is 5.82 Å². The van der Waals surface area contributed by atoms with Crippen molar-refractivity contribution in [1.82, 2.24) is 10.1 Å². The predicted molar refractivity (Wildman–Crippen MR) is 92.7 cm³/mol. The van der Waals surface area contributed by atoms with E-state index in [9.17, 15) is 17.6 Å². The summed E-state index contributed by atoms with van der Waals surface area (Å²) in [5.41, 5.74) is 0.209. The minimum atomic E-state index is -4.44. The van der Waals surface area contributed by atoms with Gasteiger partial charge in [0.15, 0.2) is 11.6 Å². The average Bonchev–Trinajstić information content (AvgIpc) is 3.10. The van der Waals surface area contributed by atoms with E-state index in [0.717, 1.165) is 17.7 Å². The van der Waals surface area contributed by atoms with E-state index in [2.05, 4.69) is 10.1 Å². The molecular formula is C18H14F4N2O2S. The SMILES string of the molecule is COc1ccc(CSCc2nc(-c3cccc(C(F)(F)F)c3)no2)cc1F. The molecule has 0 N–H and O–H groups in total. The molecule has 0 radical (unpaired) electrons.